The topological polar surface area (TPSA) is 120 Å². The number of carbonyl (C=O) groups excluding carboxylic acids is 1. The normalized spacial score (nSPS) is 14.1. The van der Waals surface area contributed by atoms with Crippen molar-refractivity contribution >= 4 is 40.0 Å². The van der Waals surface area contributed by atoms with E-state index in [9.17, 15) is 4.79 Å². The lowest BCUT2D eigenvalue weighted by Crippen LogP contribution is -2.47. The molecule has 36 heavy (non-hydrogen) atoms. The quantitative estimate of drug-likeness (QED) is 0.323. The van der Waals surface area contributed by atoms with Gasteiger partial charge in [-0.3, -0.25) is 9.69 Å². The Hall–Kier alpha value is -4.28. The second kappa shape index (κ2) is 10.5. The van der Waals surface area contributed by atoms with Gasteiger partial charge in [0.15, 0.2) is 0 Å². The van der Waals surface area contributed by atoms with Gasteiger partial charge in [-0.1, -0.05) is 23.9 Å². The van der Waals surface area contributed by atoms with Gasteiger partial charge in [0.25, 0.3) is 0 Å². The molecule has 1 fully saturated rings. The van der Waals surface area contributed by atoms with Gasteiger partial charge in [-0.05, 0) is 42.5 Å². The Morgan fingerprint density at radius 1 is 1.11 bits per heavy atom. The summed E-state index contributed by atoms with van der Waals surface area (Å²) in [7, 11) is 0. The number of aliphatic hydroxyl groups is 1. The number of amides is 1. The summed E-state index contributed by atoms with van der Waals surface area (Å²) in [5.41, 5.74) is 4.98. The minimum absolute atomic E-state index is 0.199. The fourth-order valence-electron chi connectivity index (χ4n) is 4.19. The molecule has 3 heterocycles. The van der Waals surface area contributed by atoms with Crippen LogP contribution in [0.3, 0.4) is 0 Å². The van der Waals surface area contributed by atoms with Crippen molar-refractivity contribution < 1.29 is 14.4 Å². The second-order valence-corrected chi connectivity index (χ2v) is 8.44. The minimum Gasteiger partial charge on any atom is -0.395 e. The van der Waals surface area contributed by atoms with Crippen molar-refractivity contribution in [3.63, 3.8) is 0 Å². The van der Waals surface area contributed by atoms with E-state index in [0.717, 1.165) is 49.7 Å². The van der Waals surface area contributed by atoms with E-state index < -0.39 is 0 Å². The first-order valence-corrected chi connectivity index (χ1v) is 11.7. The first-order valence-electron chi connectivity index (χ1n) is 11.7. The van der Waals surface area contributed by atoms with Gasteiger partial charge in [-0.15, -0.1) is 0 Å². The van der Waals surface area contributed by atoms with Crippen LogP contribution in [0.25, 0.3) is 22.4 Å². The number of nitrogens with zero attached hydrogens (tertiary/aromatic N) is 5. The molecule has 2 aromatic carbocycles. The molecule has 0 atom stereocenters. The molecule has 0 radical (unpaired) electrons. The van der Waals surface area contributed by atoms with Crippen LogP contribution in [0.2, 0.25) is 0 Å². The zero-order valence-electron chi connectivity index (χ0n) is 19.7. The standard InChI is InChI=1S/C26H27N7O3/c1-2-23(35)28-20-5-3-4-18(16-20)24-25-22(36-31-24)17-27-26(30-25)29-19-6-8-21(9-7-19)33-12-10-32(11-13-33)14-15-34/h2-9,16-17,34H,1,10-15H2,(H,28,35)(H,27,29,30). The number of nitrogens with one attached hydrogen (secondary N) is 2. The van der Waals surface area contributed by atoms with Crippen LogP contribution in [0.4, 0.5) is 23.0 Å². The molecule has 0 unspecified atom stereocenters. The summed E-state index contributed by atoms with van der Waals surface area (Å²) in [6, 6.07) is 15.4. The van der Waals surface area contributed by atoms with Crippen LogP contribution in [0, 0.1) is 0 Å². The van der Waals surface area contributed by atoms with Crippen molar-refractivity contribution in [2.24, 2.45) is 0 Å². The predicted octanol–water partition coefficient (Wildman–Crippen LogP) is 3.27. The highest BCUT2D eigenvalue weighted by Crippen LogP contribution is 2.29. The van der Waals surface area contributed by atoms with Crippen LogP contribution in [0.15, 0.2) is 71.9 Å². The summed E-state index contributed by atoms with van der Waals surface area (Å²) in [5.74, 6) is 0.134. The number of rotatable bonds is 8. The number of hydrogen-bond acceptors (Lipinski definition) is 9. The molecule has 0 bridgehead atoms. The highest BCUT2D eigenvalue weighted by Gasteiger charge is 2.17. The Balaban J connectivity index is 1.31. The Morgan fingerprint density at radius 2 is 1.92 bits per heavy atom. The Labute approximate surface area is 208 Å². The number of benzene rings is 2. The van der Waals surface area contributed by atoms with Gasteiger partial charge in [0.05, 0.1) is 12.8 Å². The number of aliphatic hydroxyl groups excluding tert-OH is 1. The Kier molecular flexibility index (Phi) is 6.87. The van der Waals surface area contributed by atoms with Crippen molar-refractivity contribution in [2.45, 2.75) is 0 Å². The van der Waals surface area contributed by atoms with E-state index in [1.165, 1.54) is 6.08 Å². The fraction of sp³-hybridized carbons (Fsp3) is 0.231. The van der Waals surface area contributed by atoms with Gasteiger partial charge in [-0.2, -0.15) is 0 Å². The zero-order valence-corrected chi connectivity index (χ0v) is 19.7. The molecule has 10 nitrogen and oxygen atoms in total. The van der Waals surface area contributed by atoms with Crippen LogP contribution in [0.5, 0.6) is 0 Å². The third kappa shape index (κ3) is 5.19. The van der Waals surface area contributed by atoms with Crippen LogP contribution in [-0.2, 0) is 4.79 Å². The average Bonchev–Trinajstić information content (AvgIpc) is 3.33. The zero-order chi connectivity index (χ0) is 24.9. The van der Waals surface area contributed by atoms with Crippen LogP contribution >= 0.6 is 0 Å². The highest BCUT2D eigenvalue weighted by atomic mass is 16.5. The lowest BCUT2D eigenvalue weighted by Gasteiger charge is -2.35. The molecule has 3 N–H and O–H groups in total. The smallest absolute Gasteiger partial charge is 0.247 e. The van der Waals surface area contributed by atoms with Gasteiger partial charge < -0.3 is 25.2 Å². The van der Waals surface area contributed by atoms with Crippen molar-refractivity contribution in [1.82, 2.24) is 20.0 Å². The predicted molar refractivity (Wildman–Crippen MR) is 139 cm³/mol. The maximum absolute atomic E-state index is 11.7. The van der Waals surface area contributed by atoms with Crippen molar-refractivity contribution in [3.8, 4) is 11.3 Å². The second-order valence-electron chi connectivity index (χ2n) is 8.44. The maximum atomic E-state index is 11.7. The fourth-order valence-corrected chi connectivity index (χ4v) is 4.19. The minimum atomic E-state index is -0.291. The summed E-state index contributed by atoms with van der Waals surface area (Å²) in [5, 5.41) is 19.3. The molecule has 1 amide bonds. The number of hydrogen-bond donors (Lipinski definition) is 3. The molecule has 1 aliphatic rings. The van der Waals surface area contributed by atoms with E-state index in [-0.39, 0.29) is 12.5 Å². The van der Waals surface area contributed by atoms with E-state index in [2.05, 4.69) is 54.3 Å². The van der Waals surface area contributed by atoms with Gasteiger partial charge in [-0.25, -0.2) is 9.97 Å². The molecule has 5 rings (SSSR count). The van der Waals surface area contributed by atoms with Crippen molar-refractivity contribution in [2.75, 3.05) is 54.9 Å². The monoisotopic (exact) mass is 485 g/mol. The van der Waals surface area contributed by atoms with E-state index in [1.807, 2.05) is 24.3 Å². The maximum Gasteiger partial charge on any atom is 0.247 e. The summed E-state index contributed by atoms with van der Waals surface area (Å²) in [4.78, 5) is 25.3. The summed E-state index contributed by atoms with van der Waals surface area (Å²) >= 11 is 0. The van der Waals surface area contributed by atoms with Crippen molar-refractivity contribution in [1.29, 1.82) is 0 Å². The highest BCUT2D eigenvalue weighted by molar-refractivity contribution is 5.99. The van der Waals surface area contributed by atoms with E-state index >= 15 is 0 Å². The molecule has 184 valence electrons. The summed E-state index contributed by atoms with van der Waals surface area (Å²) < 4.78 is 5.43. The lowest BCUT2D eigenvalue weighted by molar-refractivity contribution is -0.111. The molecule has 1 aliphatic heterocycles. The molecule has 2 aromatic heterocycles. The lowest BCUT2D eigenvalue weighted by atomic mass is 10.1. The van der Waals surface area contributed by atoms with Crippen LogP contribution < -0.4 is 15.5 Å². The Bertz CT molecular complexity index is 1360. The van der Waals surface area contributed by atoms with Crippen LogP contribution in [-0.4, -0.2) is 70.4 Å². The molecule has 0 saturated carbocycles. The van der Waals surface area contributed by atoms with Crippen molar-refractivity contribution in [3.05, 3.63) is 67.4 Å². The largest absolute Gasteiger partial charge is 0.395 e. The first-order chi connectivity index (χ1) is 17.6. The van der Waals surface area contributed by atoms with E-state index in [0.29, 0.717) is 28.4 Å². The number of fused-ring (bicyclic) bond motifs is 1. The summed E-state index contributed by atoms with van der Waals surface area (Å²) in [6.45, 7) is 8.15. The number of anilines is 4. The molecule has 0 aliphatic carbocycles. The van der Waals surface area contributed by atoms with Gasteiger partial charge in [0, 0.05) is 55.3 Å². The SMILES string of the molecule is C=CC(=O)Nc1cccc(-c2noc3cnc(Nc4ccc(N5CCN(CCO)CC5)cc4)nc23)c1. The van der Waals surface area contributed by atoms with Gasteiger partial charge >= 0.3 is 0 Å². The van der Waals surface area contributed by atoms with E-state index in [4.69, 9.17) is 9.63 Å². The third-order valence-corrected chi connectivity index (χ3v) is 6.08. The number of piperazine rings is 1. The number of β-amino-alcohol motifs (C(OH)–C–C–N with tert-alkyl or cyclic N) is 1. The summed E-state index contributed by atoms with van der Waals surface area (Å²) in [6.07, 6.45) is 2.81. The average molecular weight is 486 g/mol. The first kappa shape index (κ1) is 23.5. The number of carbonyl (C=O) groups is 1. The molecule has 10 heteroatoms. The van der Waals surface area contributed by atoms with Gasteiger partial charge in [0.2, 0.25) is 17.4 Å². The number of aromatic nitrogens is 3. The third-order valence-electron chi connectivity index (χ3n) is 6.08. The van der Waals surface area contributed by atoms with Gasteiger partial charge in [0.1, 0.15) is 11.2 Å². The molecule has 0 spiro atoms. The molecular weight excluding hydrogens is 458 g/mol. The van der Waals surface area contributed by atoms with E-state index in [1.54, 1.807) is 18.3 Å². The molecular formula is C26H27N7O3. The molecule has 1 saturated heterocycles. The Morgan fingerprint density at radius 3 is 2.67 bits per heavy atom. The van der Waals surface area contributed by atoms with Crippen LogP contribution in [0.1, 0.15) is 0 Å². The molecule has 4 aromatic rings.